The molecule has 0 bridgehead atoms. The third kappa shape index (κ3) is 3.98. The van der Waals surface area contributed by atoms with Crippen molar-refractivity contribution in [2.45, 2.75) is 19.4 Å². The Kier molecular flexibility index (Phi) is 4.90. The van der Waals surface area contributed by atoms with Gasteiger partial charge in [0, 0.05) is 18.6 Å². The van der Waals surface area contributed by atoms with E-state index in [1.54, 1.807) is 14.0 Å². The van der Waals surface area contributed by atoms with Gasteiger partial charge in [-0.3, -0.25) is 4.79 Å². The SMILES string of the molecule is CC(O)CCN(C)C(=O)c1cc(Cl)ccc1F. The Balaban J connectivity index is 2.78. The Morgan fingerprint density at radius 1 is 1.59 bits per heavy atom. The second kappa shape index (κ2) is 5.98. The van der Waals surface area contributed by atoms with E-state index >= 15 is 0 Å². The highest BCUT2D eigenvalue weighted by atomic mass is 35.5. The lowest BCUT2D eigenvalue weighted by atomic mass is 10.2. The Morgan fingerprint density at radius 3 is 2.82 bits per heavy atom. The third-order valence-electron chi connectivity index (χ3n) is 2.39. The number of rotatable bonds is 4. The van der Waals surface area contributed by atoms with Crippen LogP contribution in [0.25, 0.3) is 0 Å². The molecule has 0 heterocycles. The number of carbonyl (C=O) groups excluding carboxylic acids is 1. The van der Waals surface area contributed by atoms with Crippen LogP contribution in [0.4, 0.5) is 4.39 Å². The number of hydrogen-bond donors (Lipinski definition) is 1. The predicted molar refractivity (Wildman–Crippen MR) is 64.7 cm³/mol. The number of aliphatic hydroxyl groups is 1. The lowest BCUT2D eigenvalue weighted by Crippen LogP contribution is -2.30. The lowest BCUT2D eigenvalue weighted by Gasteiger charge is -2.18. The standard InChI is InChI=1S/C12H15ClFNO2/c1-8(16)5-6-15(2)12(17)10-7-9(13)3-4-11(10)14/h3-4,7-8,16H,5-6H2,1-2H3. The molecule has 1 amide bonds. The molecule has 1 rings (SSSR count). The number of amides is 1. The fourth-order valence-corrected chi connectivity index (χ4v) is 1.52. The normalized spacial score (nSPS) is 12.3. The van der Waals surface area contributed by atoms with Gasteiger partial charge in [0.1, 0.15) is 5.82 Å². The van der Waals surface area contributed by atoms with Gasteiger partial charge in [0.25, 0.3) is 5.91 Å². The molecule has 0 aromatic heterocycles. The average molecular weight is 260 g/mol. The summed E-state index contributed by atoms with van der Waals surface area (Å²) in [6.45, 7) is 2.00. The minimum Gasteiger partial charge on any atom is -0.393 e. The molecule has 0 aliphatic carbocycles. The second-order valence-corrected chi connectivity index (χ2v) is 4.43. The topological polar surface area (TPSA) is 40.5 Å². The maximum atomic E-state index is 13.4. The average Bonchev–Trinajstić information content (AvgIpc) is 2.28. The molecule has 1 aromatic rings. The van der Waals surface area contributed by atoms with Crippen molar-refractivity contribution in [3.63, 3.8) is 0 Å². The van der Waals surface area contributed by atoms with Crippen molar-refractivity contribution in [1.29, 1.82) is 0 Å². The highest BCUT2D eigenvalue weighted by molar-refractivity contribution is 6.30. The molecule has 0 saturated heterocycles. The first-order valence-electron chi connectivity index (χ1n) is 5.30. The van der Waals surface area contributed by atoms with Gasteiger partial charge in [-0.1, -0.05) is 11.6 Å². The van der Waals surface area contributed by atoms with E-state index in [-0.39, 0.29) is 5.56 Å². The van der Waals surface area contributed by atoms with Crippen LogP contribution >= 0.6 is 11.6 Å². The summed E-state index contributed by atoms with van der Waals surface area (Å²) in [6, 6.07) is 3.86. The van der Waals surface area contributed by atoms with E-state index in [1.165, 1.54) is 17.0 Å². The van der Waals surface area contributed by atoms with E-state index in [2.05, 4.69) is 0 Å². The van der Waals surface area contributed by atoms with Gasteiger partial charge in [0.15, 0.2) is 0 Å². The minimum atomic E-state index is -0.594. The molecular weight excluding hydrogens is 245 g/mol. The van der Waals surface area contributed by atoms with Crippen LogP contribution in [0.15, 0.2) is 18.2 Å². The summed E-state index contributed by atoms with van der Waals surface area (Å²) in [5.74, 6) is -1.03. The van der Waals surface area contributed by atoms with Gasteiger partial charge in [0.05, 0.1) is 11.7 Å². The van der Waals surface area contributed by atoms with Crippen LogP contribution in [0.5, 0.6) is 0 Å². The van der Waals surface area contributed by atoms with Gasteiger partial charge in [-0.15, -0.1) is 0 Å². The summed E-state index contributed by atoms with van der Waals surface area (Å²) in [5, 5.41) is 9.44. The monoisotopic (exact) mass is 259 g/mol. The van der Waals surface area contributed by atoms with E-state index < -0.39 is 17.8 Å². The van der Waals surface area contributed by atoms with Crippen molar-refractivity contribution in [2.24, 2.45) is 0 Å². The number of benzene rings is 1. The molecule has 0 saturated carbocycles. The Labute approximate surface area is 105 Å². The first-order valence-corrected chi connectivity index (χ1v) is 5.68. The zero-order valence-corrected chi connectivity index (χ0v) is 10.5. The minimum absolute atomic E-state index is 0.0504. The fraction of sp³-hybridized carbons (Fsp3) is 0.417. The Hall–Kier alpha value is -1.13. The van der Waals surface area contributed by atoms with Gasteiger partial charge in [-0.25, -0.2) is 4.39 Å². The maximum Gasteiger partial charge on any atom is 0.256 e. The summed E-state index contributed by atoms with van der Waals surface area (Å²) >= 11 is 5.72. The van der Waals surface area contributed by atoms with Crippen molar-refractivity contribution in [1.82, 2.24) is 4.90 Å². The van der Waals surface area contributed by atoms with E-state index in [0.717, 1.165) is 6.07 Å². The number of aliphatic hydroxyl groups excluding tert-OH is 1. The largest absolute Gasteiger partial charge is 0.393 e. The molecular formula is C12H15ClFNO2. The van der Waals surface area contributed by atoms with E-state index in [1.807, 2.05) is 0 Å². The van der Waals surface area contributed by atoms with Crippen molar-refractivity contribution >= 4 is 17.5 Å². The summed E-state index contributed by atoms with van der Waals surface area (Å²) in [7, 11) is 1.56. The number of hydrogen-bond acceptors (Lipinski definition) is 2. The third-order valence-corrected chi connectivity index (χ3v) is 2.62. The number of nitrogens with zero attached hydrogens (tertiary/aromatic N) is 1. The lowest BCUT2D eigenvalue weighted by molar-refractivity contribution is 0.0764. The molecule has 0 radical (unpaired) electrons. The van der Waals surface area contributed by atoms with Gasteiger partial charge in [-0.2, -0.15) is 0 Å². The molecule has 0 fully saturated rings. The highest BCUT2D eigenvalue weighted by Gasteiger charge is 2.16. The first kappa shape index (κ1) is 13.9. The molecule has 0 aliphatic heterocycles. The van der Waals surface area contributed by atoms with Gasteiger partial charge in [-0.05, 0) is 31.5 Å². The number of halogens is 2. The number of carbonyl (C=O) groups is 1. The smallest absolute Gasteiger partial charge is 0.256 e. The van der Waals surface area contributed by atoms with Crippen LogP contribution in [0.1, 0.15) is 23.7 Å². The molecule has 1 N–H and O–H groups in total. The molecule has 94 valence electrons. The van der Waals surface area contributed by atoms with Crippen LogP contribution in [0, 0.1) is 5.82 Å². The molecule has 3 nitrogen and oxygen atoms in total. The Morgan fingerprint density at radius 2 is 2.24 bits per heavy atom. The molecule has 1 unspecified atom stereocenters. The fourth-order valence-electron chi connectivity index (χ4n) is 1.35. The zero-order valence-electron chi connectivity index (χ0n) is 9.78. The molecule has 1 aromatic carbocycles. The maximum absolute atomic E-state index is 13.4. The van der Waals surface area contributed by atoms with E-state index in [9.17, 15) is 9.18 Å². The van der Waals surface area contributed by atoms with Crippen molar-refractivity contribution in [3.8, 4) is 0 Å². The summed E-state index contributed by atoms with van der Waals surface area (Å²) in [4.78, 5) is 13.2. The van der Waals surface area contributed by atoms with Crippen LogP contribution in [0.3, 0.4) is 0 Å². The highest BCUT2D eigenvalue weighted by Crippen LogP contribution is 2.16. The quantitative estimate of drug-likeness (QED) is 0.902. The summed E-state index contributed by atoms with van der Waals surface area (Å²) in [6.07, 6.45) is -0.0424. The summed E-state index contributed by atoms with van der Waals surface area (Å²) < 4.78 is 13.4. The van der Waals surface area contributed by atoms with Gasteiger partial charge >= 0.3 is 0 Å². The van der Waals surface area contributed by atoms with Crippen LogP contribution < -0.4 is 0 Å². The molecule has 1 atom stereocenters. The van der Waals surface area contributed by atoms with Gasteiger partial charge < -0.3 is 10.0 Å². The van der Waals surface area contributed by atoms with E-state index in [0.29, 0.717) is 18.0 Å². The molecule has 5 heteroatoms. The van der Waals surface area contributed by atoms with Crippen LogP contribution in [-0.4, -0.2) is 35.6 Å². The zero-order chi connectivity index (χ0) is 13.0. The first-order chi connectivity index (χ1) is 7.91. The molecule has 0 spiro atoms. The summed E-state index contributed by atoms with van der Waals surface area (Å²) in [5.41, 5.74) is -0.0504. The van der Waals surface area contributed by atoms with Crippen LogP contribution in [0.2, 0.25) is 5.02 Å². The van der Waals surface area contributed by atoms with Crippen molar-refractivity contribution < 1.29 is 14.3 Å². The van der Waals surface area contributed by atoms with Crippen LogP contribution in [-0.2, 0) is 0 Å². The molecule has 0 aliphatic rings. The Bertz CT molecular complexity index is 409. The van der Waals surface area contributed by atoms with Crippen molar-refractivity contribution in [2.75, 3.05) is 13.6 Å². The predicted octanol–water partition coefficient (Wildman–Crippen LogP) is 2.32. The second-order valence-electron chi connectivity index (χ2n) is 3.99. The van der Waals surface area contributed by atoms with Gasteiger partial charge in [0.2, 0.25) is 0 Å². The van der Waals surface area contributed by atoms with Crippen molar-refractivity contribution in [3.05, 3.63) is 34.6 Å². The van der Waals surface area contributed by atoms with E-state index in [4.69, 9.17) is 16.7 Å². The molecule has 17 heavy (non-hydrogen) atoms.